The molecule has 1 amide bonds. The number of halogens is 1. The highest BCUT2D eigenvalue weighted by molar-refractivity contribution is 6.32. The normalized spacial score (nSPS) is 9.89. The van der Waals surface area contributed by atoms with E-state index in [1.54, 1.807) is 12.1 Å². The predicted octanol–water partition coefficient (Wildman–Crippen LogP) is 1.74. The van der Waals surface area contributed by atoms with Gasteiger partial charge in [-0.05, 0) is 24.7 Å². The SMILES string of the molecule is C=CCNC(=O)COc1ccc(CNC)cc1Cl. The van der Waals surface area contributed by atoms with Gasteiger partial charge in [0, 0.05) is 13.1 Å². The lowest BCUT2D eigenvalue weighted by atomic mass is 10.2. The lowest BCUT2D eigenvalue weighted by Crippen LogP contribution is -2.28. The van der Waals surface area contributed by atoms with Gasteiger partial charge in [-0.1, -0.05) is 23.7 Å². The second-order valence-electron chi connectivity index (χ2n) is 3.68. The summed E-state index contributed by atoms with van der Waals surface area (Å²) >= 11 is 6.05. The van der Waals surface area contributed by atoms with Crippen LogP contribution >= 0.6 is 11.6 Å². The molecule has 5 heteroatoms. The highest BCUT2D eigenvalue weighted by Crippen LogP contribution is 2.25. The molecule has 1 rings (SSSR count). The molecule has 1 aromatic carbocycles. The Balaban J connectivity index is 2.52. The van der Waals surface area contributed by atoms with Gasteiger partial charge in [0.05, 0.1) is 5.02 Å². The summed E-state index contributed by atoms with van der Waals surface area (Å²) in [6.45, 7) is 4.62. The first-order valence-electron chi connectivity index (χ1n) is 5.60. The molecule has 0 aliphatic heterocycles. The third kappa shape index (κ3) is 4.77. The molecule has 0 atom stereocenters. The zero-order valence-corrected chi connectivity index (χ0v) is 11.1. The Morgan fingerprint density at radius 3 is 2.94 bits per heavy atom. The number of nitrogens with one attached hydrogen (secondary N) is 2. The van der Waals surface area contributed by atoms with E-state index in [1.807, 2.05) is 19.2 Å². The van der Waals surface area contributed by atoms with Gasteiger partial charge >= 0.3 is 0 Å². The van der Waals surface area contributed by atoms with Crippen LogP contribution in [0, 0.1) is 0 Å². The molecule has 0 spiro atoms. The van der Waals surface area contributed by atoms with Gasteiger partial charge < -0.3 is 15.4 Å². The molecule has 0 saturated heterocycles. The van der Waals surface area contributed by atoms with E-state index in [4.69, 9.17) is 16.3 Å². The maximum Gasteiger partial charge on any atom is 0.258 e. The molecule has 18 heavy (non-hydrogen) atoms. The first kappa shape index (κ1) is 14.5. The quantitative estimate of drug-likeness (QED) is 0.741. The lowest BCUT2D eigenvalue weighted by Gasteiger charge is -2.09. The summed E-state index contributed by atoms with van der Waals surface area (Å²) in [6, 6.07) is 5.48. The van der Waals surface area contributed by atoms with Crippen molar-refractivity contribution in [2.75, 3.05) is 20.2 Å². The Morgan fingerprint density at radius 1 is 1.56 bits per heavy atom. The van der Waals surface area contributed by atoms with Crippen molar-refractivity contribution in [1.29, 1.82) is 0 Å². The van der Waals surface area contributed by atoms with E-state index in [2.05, 4.69) is 17.2 Å². The van der Waals surface area contributed by atoms with Gasteiger partial charge in [0.2, 0.25) is 0 Å². The summed E-state index contributed by atoms with van der Waals surface area (Å²) in [4.78, 5) is 11.3. The minimum atomic E-state index is -0.203. The number of rotatable bonds is 7. The largest absolute Gasteiger partial charge is 0.482 e. The number of amides is 1. The Hall–Kier alpha value is -1.52. The molecule has 2 N–H and O–H groups in total. The van der Waals surface area contributed by atoms with E-state index >= 15 is 0 Å². The summed E-state index contributed by atoms with van der Waals surface area (Å²) in [6.07, 6.45) is 1.61. The molecule has 0 aliphatic carbocycles. The van der Waals surface area contributed by atoms with Crippen molar-refractivity contribution < 1.29 is 9.53 Å². The predicted molar refractivity (Wildman–Crippen MR) is 72.9 cm³/mol. The molecule has 0 unspecified atom stereocenters. The molecule has 1 aromatic rings. The second kappa shape index (κ2) is 7.74. The van der Waals surface area contributed by atoms with Crippen LogP contribution in [0.25, 0.3) is 0 Å². The maximum absolute atomic E-state index is 11.3. The van der Waals surface area contributed by atoms with Gasteiger partial charge in [-0.3, -0.25) is 4.79 Å². The molecule has 0 saturated carbocycles. The second-order valence-corrected chi connectivity index (χ2v) is 4.08. The molecule has 0 heterocycles. The summed E-state index contributed by atoms with van der Waals surface area (Å²) in [5.74, 6) is 0.301. The Kier molecular flexibility index (Phi) is 6.25. The van der Waals surface area contributed by atoms with E-state index in [0.29, 0.717) is 17.3 Å². The lowest BCUT2D eigenvalue weighted by molar-refractivity contribution is -0.122. The van der Waals surface area contributed by atoms with E-state index in [9.17, 15) is 4.79 Å². The number of carbonyl (C=O) groups excluding carboxylic acids is 1. The van der Waals surface area contributed by atoms with Gasteiger partial charge in [-0.25, -0.2) is 0 Å². The van der Waals surface area contributed by atoms with Crippen LogP contribution in [0.1, 0.15) is 5.56 Å². The minimum Gasteiger partial charge on any atom is -0.482 e. The van der Waals surface area contributed by atoms with Crippen LogP contribution in [0.2, 0.25) is 5.02 Å². The summed E-state index contributed by atoms with van der Waals surface area (Å²) in [5.41, 5.74) is 1.06. The standard InChI is InChI=1S/C13H17ClN2O2/c1-3-6-16-13(17)9-18-12-5-4-10(8-15-2)7-11(12)14/h3-5,7,15H,1,6,8-9H2,2H3,(H,16,17). The number of hydrogen-bond donors (Lipinski definition) is 2. The van der Waals surface area contributed by atoms with Crippen LogP contribution in [-0.2, 0) is 11.3 Å². The fourth-order valence-electron chi connectivity index (χ4n) is 1.36. The first-order valence-corrected chi connectivity index (χ1v) is 5.98. The third-order valence-electron chi connectivity index (χ3n) is 2.18. The number of hydrogen-bond acceptors (Lipinski definition) is 3. The van der Waals surface area contributed by atoms with Crippen molar-refractivity contribution >= 4 is 17.5 Å². The fraction of sp³-hybridized carbons (Fsp3) is 0.308. The summed E-state index contributed by atoms with van der Waals surface area (Å²) < 4.78 is 5.33. The number of ether oxygens (including phenoxy) is 1. The third-order valence-corrected chi connectivity index (χ3v) is 2.47. The zero-order chi connectivity index (χ0) is 13.4. The van der Waals surface area contributed by atoms with Crippen molar-refractivity contribution in [3.05, 3.63) is 41.4 Å². The average Bonchev–Trinajstić information content (AvgIpc) is 2.35. The highest BCUT2D eigenvalue weighted by Gasteiger charge is 2.05. The van der Waals surface area contributed by atoms with E-state index in [-0.39, 0.29) is 12.5 Å². The minimum absolute atomic E-state index is 0.0566. The van der Waals surface area contributed by atoms with Crippen molar-refractivity contribution in [2.24, 2.45) is 0 Å². The zero-order valence-electron chi connectivity index (χ0n) is 10.3. The molecule has 0 bridgehead atoms. The smallest absolute Gasteiger partial charge is 0.258 e. The van der Waals surface area contributed by atoms with Gasteiger partial charge in [0.1, 0.15) is 5.75 Å². The van der Waals surface area contributed by atoms with Crippen LogP contribution in [0.5, 0.6) is 5.75 Å². The van der Waals surface area contributed by atoms with Crippen molar-refractivity contribution in [1.82, 2.24) is 10.6 Å². The van der Waals surface area contributed by atoms with Gasteiger partial charge in [-0.2, -0.15) is 0 Å². The van der Waals surface area contributed by atoms with Crippen LogP contribution in [-0.4, -0.2) is 26.1 Å². The topological polar surface area (TPSA) is 50.4 Å². The maximum atomic E-state index is 11.3. The Morgan fingerprint density at radius 2 is 2.33 bits per heavy atom. The van der Waals surface area contributed by atoms with E-state index in [1.165, 1.54) is 0 Å². The fourth-order valence-corrected chi connectivity index (χ4v) is 1.61. The molecular formula is C13H17ClN2O2. The molecule has 0 aliphatic rings. The molecular weight excluding hydrogens is 252 g/mol. The molecule has 98 valence electrons. The number of benzene rings is 1. The monoisotopic (exact) mass is 268 g/mol. The summed E-state index contributed by atoms with van der Waals surface area (Å²) in [7, 11) is 1.86. The summed E-state index contributed by atoms with van der Waals surface area (Å²) in [5, 5.41) is 6.15. The van der Waals surface area contributed by atoms with Gasteiger partial charge in [0.25, 0.3) is 5.91 Å². The molecule has 0 radical (unpaired) electrons. The van der Waals surface area contributed by atoms with Crippen LogP contribution < -0.4 is 15.4 Å². The van der Waals surface area contributed by atoms with Crippen molar-refractivity contribution in [3.8, 4) is 5.75 Å². The van der Waals surface area contributed by atoms with E-state index < -0.39 is 0 Å². The highest BCUT2D eigenvalue weighted by atomic mass is 35.5. The van der Waals surface area contributed by atoms with Crippen molar-refractivity contribution in [2.45, 2.75) is 6.54 Å². The van der Waals surface area contributed by atoms with Crippen molar-refractivity contribution in [3.63, 3.8) is 0 Å². The van der Waals surface area contributed by atoms with Gasteiger partial charge in [0.15, 0.2) is 6.61 Å². The number of carbonyl (C=O) groups is 1. The van der Waals surface area contributed by atoms with Crippen LogP contribution in [0.4, 0.5) is 0 Å². The van der Waals surface area contributed by atoms with Crippen LogP contribution in [0.3, 0.4) is 0 Å². The van der Waals surface area contributed by atoms with Gasteiger partial charge in [-0.15, -0.1) is 6.58 Å². The molecule has 4 nitrogen and oxygen atoms in total. The van der Waals surface area contributed by atoms with Crippen LogP contribution in [0.15, 0.2) is 30.9 Å². The molecule has 0 aromatic heterocycles. The first-order chi connectivity index (χ1) is 8.67. The Labute approximate surface area is 112 Å². The molecule has 0 fully saturated rings. The van der Waals surface area contributed by atoms with E-state index in [0.717, 1.165) is 12.1 Å². The average molecular weight is 269 g/mol. The Bertz CT molecular complexity index is 421.